The summed E-state index contributed by atoms with van der Waals surface area (Å²) < 4.78 is 0. The molecule has 0 radical (unpaired) electrons. The highest BCUT2D eigenvalue weighted by Gasteiger charge is 2.02. The smallest absolute Gasteiger partial charge is 0.314 e. The van der Waals surface area contributed by atoms with Gasteiger partial charge in [0, 0.05) is 39.0 Å². The van der Waals surface area contributed by atoms with Gasteiger partial charge in [0.05, 0.1) is 0 Å². The van der Waals surface area contributed by atoms with E-state index in [1.807, 2.05) is 0 Å². The molecule has 0 aliphatic heterocycles. The molecular formula is C16H30N4O6. The van der Waals surface area contributed by atoms with Crippen LogP contribution in [0.5, 0.6) is 0 Å². The minimum absolute atomic E-state index is 0.0364. The van der Waals surface area contributed by atoms with E-state index in [4.69, 9.17) is 10.2 Å². The first-order valence-electron chi connectivity index (χ1n) is 8.89. The van der Waals surface area contributed by atoms with Crippen LogP contribution in [-0.2, 0) is 9.59 Å². The topological polar surface area (TPSA) is 157 Å². The predicted molar refractivity (Wildman–Crippen MR) is 95.0 cm³/mol. The maximum Gasteiger partial charge on any atom is 0.314 e. The molecule has 0 aliphatic carbocycles. The molecule has 0 spiro atoms. The maximum atomic E-state index is 11.4. The molecule has 0 fully saturated rings. The van der Waals surface area contributed by atoms with Crippen molar-refractivity contribution in [2.75, 3.05) is 26.2 Å². The number of carbonyl (C=O) groups is 4. The van der Waals surface area contributed by atoms with Crippen LogP contribution in [0.25, 0.3) is 0 Å². The monoisotopic (exact) mass is 374 g/mol. The van der Waals surface area contributed by atoms with E-state index in [0.29, 0.717) is 39.0 Å². The molecule has 4 amide bonds. The number of carboxylic acids is 2. The Morgan fingerprint density at radius 1 is 0.500 bits per heavy atom. The third-order valence-electron chi connectivity index (χ3n) is 3.38. The van der Waals surface area contributed by atoms with Crippen LogP contribution in [0.1, 0.15) is 51.4 Å². The predicted octanol–water partition coefficient (Wildman–Crippen LogP) is 0.875. The van der Waals surface area contributed by atoms with E-state index >= 15 is 0 Å². The van der Waals surface area contributed by atoms with Crippen LogP contribution < -0.4 is 21.3 Å². The average molecular weight is 374 g/mol. The number of hydrogen-bond donors (Lipinski definition) is 6. The van der Waals surface area contributed by atoms with E-state index < -0.39 is 11.9 Å². The van der Waals surface area contributed by atoms with Gasteiger partial charge in [0.25, 0.3) is 0 Å². The van der Waals surface area contributed by atoms with Crippen molar-refractivity contribution in [3.8, 4) is 0 Å². The molecule has 0 aromatic rings. The second kappa shape index (κ2) is 16.0. The van der Waals surface area contributed by atoms with Crippen LogP contribution in [0, 0.1) is 0 Å². The molecule has 10 heteroatoms. The standard InChI is InChI=1S/C16H30N4O6/c21-13(22)7-5-11-19-15(25)17-9-3-1-2-4-10-18-16(26)20-12-6-8-14(23)24/h1-12H2,(H,21,22)(H,23,24)(H2,17,19,25)(H2,18,20,26). The molecule has 0 saturated heterocycles. The van der Waals surface area contributed by atoms with Gasteiger partial charge in [-0.05, 0) is 25.7 Å². The molecule has 0 bridgehead atoms. The number of amides is 4. The first-order chi connectivity index (χ1) is 12.4. The zero-order valence-electron chi connectivity index (χ0n) is 15.0. The van der Waals surface area contributed by atoms with Gasteiger partial charge in [0.2, 0.25) is 0 Å². The SMILES string of the molecule is O=C(O)CCCNC(=O)NCCCCCCNC(=O)NCCCC(=O)O. The molecule has 0 aliphatic rings. The number of nitrogens with one attached hydrogen (secondary N) is 4. The van der Waals surface area contributed by atoms with Crippen molar-refractivity contribution in [2.24, 2.45) is 0 Å². The summed E-state index contributed by atoms with van der Waals surface area (Å²) in [4.78, 5) is 43.4. The first kappa shape index (κ1) is 23.5. The van der Waals surface area contributed by atoms with Crippen molar-refractivity contribution in [2.45, 2.75) is 51.4 Å². The van der Waals surface area contributed by atoms with Gasteiger partial charge < -0.3 is 31.5 Å². The lowest BCUT2D eigenvalue weighted by Crippen LogP contribution is -2.37. The zero-order valence-corrected chi connectivity index (χ0v) is 15.0. The summed E-state index contributed by atoms with van der Waals surface area (Å²) in [7, 11) is 0. The van der Waals surface area contributed by atoms with Crippen molar-refractivity contribution in [3.63, 3.8) is 0 Å². The minimum atomic E-state index is -0.877. The molecule has 26 heavy (non-hydrogen) atoms. The van der Waals surface area contributed by atoms with E-state index in [2.05, 4.69) is 21.3 Å². The molecule has 0 heterocycles. The van der Waals surface area contributed by atoms with E-state index in [-0.39, 0.29) is 24.9 Å². The lowest BCUT2D eigenvalue weighted by molar-refractivity contribution is -0.138. The van der Waals surface area contributed by atoms with Crippen LogP contribution >= 0.6 is 0 Å². The Hall–Kier alpha value is -2.52. The maximum absolute atomic E-state index is 11.4. The molecule has 0 saturated carbocycles. The Morgan fingerprint density at radius 3 is 1.12 bits per heavy atom. The van der Waals surface area contributed by atoms with Crippen molar-refractivity contribution >= 4 is 24.0 Å². The lowest BCUT2D eigenvalue weighted by Gasteiger charge is -2.08. The third-order valence-corrected chi connectivity index (χ3v) is 3.38. The Labute approximate surface area is 153 Å². The fourth-order valence-corrected chi connectivity index (χ4v) is 2.02. The van der Waals surface area contributed by atoms with Crippen LogP contribution in [0.2, 0.25) is 0 Å². The first-order valence-corrected chi connectivity index (χ1v) is 8.89. The number of hydrogen-bond acceptors (Lipinski definition) is 4. The summed E-state index contributed by atoms with van der Waals surface area (Å²) in [6.07, 6.45) is 4.37. The number of urea groups is 2. The molecule has 6 N–H and O–H groups in total. The minimum Gasteiger partial charge on any atom is -0.481 e. The van der Waals surface area contributed by atoms with Gasteiger partial charge in [0.1, 0.15) is 0 Å². The van der Waals surface area contributed by atoms with Crippen molar-refractivity contribution in [1.82, 2.24) is 21.3 Å². The van der Waals surface area contributed by atoms with Crippen molar-refractivity contribution in [1.29, 1.82) is 0 Å². The van der Waals surface area contributed by atoms with Crippen LogP contribution in [0.3, 0.4) is 0 Å². The molecule has 0 rings (SSSR count). The Bertz CT molecular complexity index is 404. The Balaban J connectivity index is 3.32. The van der Waals surface area contributed by atoms with Crippen LogP contribution in [0.4, 0.5) is 9.59 Å². The quantitative estimate of drug-likeness (QED) is 0.234. The molecule has 150 valence electrons. The molecular weight excluding hydrogens is 344 g/mol. The molecule has 0 aromatic heterocycles. The normalized spacial score (nSPS) is 10.0. The van der Waals surface area contributed by atoms with Gasteiger partial charge in [0.15, 0.2) is 0 Å². The Kier molecular flexibility index (Phi) is 14.4. The fraction of sp³-hybridized carbons (Fsp3) is 0.750. The average Bonchev–Trinajstić information content (AvgIpc) is 2.57. The third kappa shape index (κ3) is 17.8. The summed E-state index contributed by atoms with van der Waals surface area (Å²) in [5.41, 5.74) is 0. The van der Waals surface area contributed by atoms with Gasteiger partial charge >= 0.3 is 24.0 Å². The molecule has 0 atom stereocenters. The van der Waals surface area contributed by atoms with Gasteiger partial charge in [-0.25, -0.2) is 9.59 Å². The number of carbonyl (C=O) groups excluding carboxylic acids is 2. The van der Waals surface area contributed by atoms with Gasteiger partial charge in [-0.2, -0.15) is 0 Å². The summed E-state index contributed by atoms with van der Waals surface area (Å²) >= 11 is 0. The van der Waals surface area contributed by atoms with Crippen LogP contribution in [-0.4, -0.2) is 60.4 Å². The lowest BCUT2D eigenvalue weighted by atomic mass is 10.2. The Morgan fingerprint density at radius 2 is 0.808 bits per heavy atom. The van der Waals surface area contributed by atoms with E-state index in [0.717, 1.165) is 25.7 Å². The number of unbranched alkanes of at least 4 members (excludes halogenated alkanes) is 3. The highest BCUT2D eigenvalue weighted by atomic mass is 16.4. The number of carboxylic acid groups (broad SMARTS) is 2. The van der Waals surface area contributed by atoms with Gasteiger partial charge in [-0.3, -0.25) is 9.59 Å². The summed E-state index contributed by atoms with van der Waals surface area (Å²) in [6.45, 7) is 1.76. The van der Waals surface area contributed by atoms with E-state index in [1.165, 1.54) is 0 Å². The summed E-state index contributed by atoms with van der Waals surface area (Å²) in [5, 5.41) is 27.5. The summed E-state index contributed by atoms with van der Waals surface area (Å²) in [5.74, 6) is -1.75. The zero-order chi connectivity index (χ0) is 19.6. The molecule has 0 unspecified atom stereocenters. The van der Waals surface area contributed by atoms with E-state index in [9.17, 15) is 19.2 Å². The number of aliphatic carboxylic acids is 2. The molecule has 10 nitrogen and oxygen atoms in total. The second-order valence-electron chi connectivity index (χ2n) is 5.77. The van der Waals surface area contributed by atoms with Crippen molar-refractivity contribution < 1.29 is 29.4 Å². The van der Waals surface area contributed by atoms with E-state index in [1.54, 1.807) is 0 Å². The van der Waals surface area contributed by atoms with Crippen molar-refractivity contribution in [3.05, 3.63) is 0 Å². The highest BCUT2D eigenvalue weighted by molar-refractivity contribution is 5.74. The van der Waals surface area contributed by atoms with Gasteiger partial charge in [-0.15, -0.1) is 0 Å². The largest absolute Gasteiger partial charge is 0.481 e. The fourth-order valence-electron chi connectivity index (χ4n) is 2.02. The summed E-state index contributed by atoms with van der Waals surface area (Å²) in [6, 6.07) is -0.590. The number of rotatable bonds is 15. The second-order valence-corrected chi connectivity index (χ2v) is 5.77. The highest BCUT2D eigenvalue weighted by Crippen LogP contribution is 1.97. The van der Waals surface area contributed by atoms with Gasteiger partial charge in [-0.1, -0.05) is 12.8 Å². The molecule has 0 aromatic carbocycles. The van der Waals surface area contributed by atoms with Crippen LogP contribution in [0.15, 0.2) is 0 Å².